The summed E-state index contributed by atoms with van der Waals surface area (Å²) in [4.78, 5) is 51.5. The number of benzene rings is 1. The SMILES string of the molecule is CC(=O)c1ccc(-c2ccc(/C=C3\SC(=O)N(CC(=O)N4CCOCC4)C3=O)o2)cc1. The van der Waals surface area contributed by atoms with Crippen molar-refractivity contribution in [1.82, 2.24) is 9.80 Å². The number of thioether (sulfide) groups is 1. The Morgan fingerprint density at radius 1 is 1.06 bits per heavy atom. The Morgan fingerprint density at radius 3 is 2.45 bits per heavy atom. The van der Waals surface area contributed by atoms with Crippen molar-refractivity contribution in [3.8, 4) is 11.3 Å². The smallest absolute Gasteiger partial charge is 0.294 e. The van der Waals surface area contributed by atoms with Gasteiger partial charge in [-0.15, -0.1) is 0 Å². The van der Waals surface area contributed by atoms with Crippen LogP contribution >= 0.6 is 11.8 Å². The van der Waals surface area contributed by atoms with Gasteiger partial charge in [0.05, 0.1) is 18.1 Å². The molecular formula is C22H20N2O6S. The molecule has 0 unspecified atom stereocenters. The number of nitrogens with zero attached hydrogens (tertiary/aromatic N) is 2. The third-order valence-electron chi connectivity index (χ3n) is 5.01. The molecule has 1 aromatic heterocycles. The van der Waals surface area contributed by atoms with Crippen molar-refractivity contribution < 1.29 is 28.3 Å². The number of imide groups is 1. The average molecular weight is 440 g/mol. The van der Waals surface area contributed by atoms with Crippen molar-refractivity contribution >= 4 is 40.7 Å². The molecule has 1 aromatic carbocycles. The van der Waals surface area contributed by atoms with Gasteiger partial charge in [0.2, 0.25) is 5.91 Å². The van der Waals surface area contributed by atoms with Gasteiger partial charge in [0, 0.05) is 30.3 Å². The zero-order chi connectivity index (χ0) is 22.0. The Labute approximate surface area is 182 Å². The van der Waals surface area contributed by atoms with Crippen molar-refractivity contribution in [3.05, 3.63) is 52.6 Å². The summed E-state index contributed by atoms with van der Waals surface area (Å²) < 4.78 is 11.0. The highest BCUT2D eigenvalue weighted by Gasteiger charge is 2.37. The lowest BCUT2D eigenvalue weighted by atomic mass is 10.1. The molecule has 2 fully saturated rings. The average Bonchev–Trinajstić information content (AvgIpc) is 3.35. The monoisotopic (exact) mass is 440 g/mol. The van der Waals surface area contributed by atoms with Gasteiger partial charge in [-0.1, -0.05) is 24.3 Å². The molecule has 31 heavy (non-hydrogen) atoms. The topological polar surface area (TPSA) is 97.1 Å². The van der Waals surface area contributed by atoms with E-state index in [1.807, 2.05) is 0 Å². The fraction of sp³-hybridized carbons (Fsp3) is 0.273. The van der Waals surface area contributed by atoms with E-state index in [0.717, 1.165) is 22.2 Å². The van der Waals surface area contributed by atoms with Crippen molar-refractivity contribution in [2.45, 2.75) is 6.92 Å². The van der Waals surface area contributed by atoms with Crippen LogP contribution < -0.4 is 0 Å². The van der Waals surface area contributed by atoms with E-state index in [-0.39, 0.29) is 23.1 Å². The molecule has 0 spiro atoms. The molecule has 4 rings (SSSR count). The lowest BCUT2D eigenvalue weighted by Gasteiger charge is -2.27. The highest BCUT2D eigenvalue weighted by Crippen LogP contribution is 2.33. The Balaban J connectivity index is 1.45. The lowest BCUT2D eigenvalue weighted by molar-refractivity contribution is -0.139. The zero-order valence-electron chi connectivity index (χ0n) is 16.8. The highest BCUT2D eigenvalue weighted by atomic mass is 32.2. The Morgan fingerprint density at radius 2 is 1.77 bits per heavy atom. The fourth-order valence-electron chi connectivity index (χ4n) is 3.27. The van der Waals surface area contributed by atoms with Crippen LogP contribution in [0.25, 0.3) is 17.4 Å². The number of ketones is 1. The molecule has 9 heteroatoms. The molecule has 3 heterocycles. The number of morpholine rings is 1. The summed E-state index contributed by atoms with van der Waals surface area (Å²) in [5, 5.41) is -0.482. The van der Waals surface area contributed by atoms with E-state index < -0.39 is 11.1 Å². The quantitative estimate of drug-likeness (QED) is 0.521. The van der Waals surface area contributed by atoms with Crippen LogP contribution in [0.3, 0.4) is 0 Å². The second kappa shape index (κ2) is 8.91. The van der Waals surface area contributed by atoms with Crippen LogP contribution in [0, 0.1) is 0 Å². The first-order valence-corrected chi connectivity index (χ1v) is 10.6. The Bertz CT molecular complexity index is 1070. The number of Topliss-reactive ketones (excluding diaryl/α,β-unsaturated/α-hetero) is 1. The molecule has 0 radical (unpaired) electrons. The predicted molar refractivity (Wildman–Crippen MR) is 114 cm³/mol. The maximum Gasteiger partial charge on any atom is 0.294 e. The van der Waals surface area contributed by atoms with E-state index >= 15 is 0 Å². The van der Waals surface area contributed by atoms with Crippen molar-refractivity contribution in [2.75, 3.05) is 32.8 Å². The van der Waals surface area contributed by atoms with E-state index in [4.69, 9.17) is 9.15 Å². The molecule has 8 nitrogen and oxygen atoms in total. The van der Waals surface area contributed by atoms with Crippen LogP contribution in [0.5, 0.6) is 0 Å². The minimum Gasteiger partial charge on any atom is -0.457 e. The summed E-state index contributed by atoms with van der Waals surface area (Å²) in [6, 6.07) is 10.4. The van der Waals surface area contributed by atoms with Crippen LogP contribution in [-0.2, 0) is 14.3 Å². The van der Waals surface area contributed by atoms with Gasteiger partial charge in [0.1, 0.15) is 18.1 Å². The van der Waals surface area contributed by atoms with E-state index in [1.54, 1.807) is 41.3 Å². The maximum absolute atomic E-state index is 12.7. The standard InChI is InChI=1S/C22H20N2O6S/c1-14(25)15-2-4-16(5-3-15)18-7-6-17(30-18)12-19-21(27)24(22(28)31-19)13-20(26)23-8-10-29-11-9-23/h2-7,12H,8-11,13H2,1H3/b19-12-. The summed E-state index contributed by atoms with van der Waals surface area (Å²) in [6.07, 6.45) is 1.50. The number of rotatable bonds is 5. The number of furan rings is 1. The summed E-state index contributed by atoms with van der Waals surface area (Å²) >= 11 is 0.781. The predicted octanol–water partition coefficient (Wildman–Crippen LogP) is 3.04. The fourth-order valence-corrected chi connectivity index (χ4v) is 4.09. The van der Waals surface area contributed by atoms with Crippen molar-refractivity contribution in [2.24, 2.45) is 0 Å². The number of carbonyl (C=O) groups excluding carboxylic acids is 4. The van der Waals surface area contributed by atoms with E-state index in [9.17, 15) is 19.2 Å². The summed E-state index contributed by atoms with van der Waals surface area (Å²) in [5.41, 5.74) is 1.39. The summed E-state index contributed by atoms with van der Waals surface area (Å²) in [7, 11) is 0. The number of hydrogen-bond donors (Lipinski definition) is 0. The minimum atomic E-state index is -0.514. The zero-order valence-corrected chi connectivity index (χ0v) is 17.6. The molecular weight excluding hydrogens is 420 g/mol. The lowest BCUT2D eigenvalue weighted by Crippen LogP contribution is -2.46. The van der Waals surface area contributed by atoms with Gasteiger partial charge < -0.3 is 14.1 Å². The van der Waals surface area contributed by atoms with Gasteiger partial charge in [-0.3, -0.25) is 24.1 Å². The van der Waals surface area contributed by atoms with Gasteiger partial charge in [-0.2, -0.15) is 0 Å². The third kappa shape index (κ3) is 4.62. The molecule has 2 aromatic rings. The minimum absolute atomic E-state index is 0.0190. The van der Waals surface area contributed by atoms with Crippen LogP contribution in [0.2, 0.25) is 0 Å². The second-order valence-electron chi connectivity index (χ2n) is 7.10. The van der Waals surface area contributed by atoms with E-state index in [2.05, 4.69) is 0 Å². The van der Waals surface area contributed by atoms with Crippen molar-refractivity contribution in [3.63, 3.8) is 0 Å². The normalized spacial score (nSPS) is 18.2. The third-order valence-corrected chi connectivity index (χ3v) is 5.91. The van der Waals surface area contributed by atoms with Crippen molar-refractivity contribution in [1.29, 1.82) is 0 Å². The molecule has 2 aliphatic rings. The summed E-state index contributed by atoms with van der Waals surface area (Å²) in [6.45, 7) is 3.02. The first-order chi connectivity index (χ1) is 14.9. The molecule has 2 aliphatic heterocycles. The van der Waals surface area contributed by atoms with E-state index in [1.165, 1.54) is 13.0 Å². The molecule has 2 saturated heterocycles. The van der Waals surface area contributed by atoms with Gasteiger partial charge in [-0.05, 0) is 30.8 Å². The van der Waals surface area contributed by atoms with Crippen LogP contribution in [0.15, 0.2) is 45.7 Å². The number of amides is 3. The number of carbonyl (C=O) groups is 4. The van der Waals surface area contributed by atoms with Gasteiger partial charge in [0.25, 0.3) is 11.1 Å². The molecule has 0 bridgehead atoms. The van der Waals surface area contributed by atoms with Gasteiger partial charge >= 0.3 is 0 Å². The molecule has 3 amide bonds. The van der Waals surface area contributed by atoms with Crippen LogP contribution in [-0.4, -0.2) is 65.5 Å². The number of ether oxygens (including phenoxy) is 1. The van der Waals surface area contributed by atoms with E-state index in [0.29, 0.717) is 43.4 Å². The van der Waals surface area contributed by atoms with Gasteiger partial charge in [0.15, 0.2) is 5.78 Å². The molecule has 160 valence electrons. The Kier molecular flexibility index (Phi) is 6.06. The highest BCUT2D eigenvalue weighted by molar-refractivity contribution is 8.18. The second-order valence-corrected chi connectivity index (χ2v) is 8.09. The van der Waals surface area contributed by atoms with Crippen LogP contribution in [0.1, 0.15) is 23.0 Å². The molecule has 0 saturated carbocycles. The molecule has 0 N–H and O–H groups in total. The first kappa shape index (κ1) is 21.1. The summed E-state index contributed by atoms with van der Waals surface area (Å²) in [5.74, 6) is 0.176. The largest absolute Gasteiger partial charge is 0.457 e. The Hall–Kier alpha value is -3.17. The maximum atomic E-state index is 12.7. The van der Waals surface area contributed by atoms with Crippen LogP contribution in [0.4, 0.5) is 4.79 Å². The first-order valence-electron chi connectivity index (χ1n) is 9.74. The molecule has 0 aliphatic carbocycles. The van der Waals surface area contributed by atoms with Gasteiger partial charge in [-0.25, -0.2) is 0 Å². The molecule has 0 atom stereocenters. The number of hydrogen-bond acceptors (Lipinski definition) is 7.